The highest BCUT2D eigenvalue weighted by atomic mass is 16.5. The predicted octanol–water partition coefficient (Wildman–Crippen LogP) is 4.89. The first-order valence-electron chi connectivity index (χ1n) is 11.2. The normalized spacial score (nSPS) is 16.9. The van der Waals surface area contributed by atoms with Gasteiger partial charge < -0.3 is 14.6 Å². The van der Waals surface area contributed by atoms with Crippen LogP contribution in [0.5, 0.6) is 5.75 Å². The molecule has 3 aromatic rings. The molecule has 1 aliphatic rings. The molecule has 1 atom stereocenters. The van der Waals surface area contributed by atoms with E-state index in [0.717, 1.165) is 0 Å². The third-order valence-electron chi connectivity index (χ3n) is 5.74. The van der Waals surface area contributed by atoms with Gasteiger partial charge in [-0.1, -0.05) is 49.4 Å². The smallest absolute Gasteiger partial charge is 0.338 e. The van der Waals surface area contributed by atoms with Crippen LogP contribution in [-0.4, -0.2) is 36.5 Å². The lowest BCUT2D eigenvalue weighted by atomic mass is 9.95. The molecule has 3 aromatic carbocycles. The highest BCUT2D eigenvalue weighted by Gasteiger charge is 2.47. The lowest BCUT2D eigenvalue weighted by molar-refractivity contribution is -0.132. The maximum Gasteiger partial charge on any atom is 0.338 e. The van der Waals surface area contributed by atoms with Crippen molar-refractivity contribution in [3.63, 3.8) is 0 Å². The van der Waals surface area contributed by atoms with E-state index in [-0.39, 0.29) is 11.3 Å². The maximum atomic E-state index is 13.3. The summed E-state index contributed by atoms with van der Waals surface area (Å²) in [6, 6.07) is 21.1. The Bertz CT molecular complexity index is 1280. The number of rotatable bonds is 7. The molecule has 4 rings (SSSR count). The van der Waals surface area contributed by atoms with Gasteiger partial charge in [-0.25, -0.2) is 4.79 Å². The van der Waals surface area contributed by atoms with E-state index in [2.05, 4.69) is 0 Å². The average molecular weight is 472 g/mol. The first-order valence-corrected chi connectivity index (χ1v) is 11.2. The zero-order valence-corrected chi connectivity index (χ0v) is 19.4. The summed E-state index contributed by atoms with van der Waals surface area (Å²) in [6.07, 6.45) is 0.706. The number of ketones is 1. The van der Waals surface area contributed by atoms with E-state index in [4.69, 9.17) is 9.47 Å². The Labute approximate surface area is 203 Å². The van der Waals surface area contributed by atoms with E-state index < -0.39 is 23.7 Å². The van der Waals surface area contributed by atoms with Crippen molar-refractivity contribution in [1.29, 1.82) is 0 Å². The van der Waals surface area contributed by atoms with Crippen molar-refractivity contribution >= 4 is 29.1 Å². The van der Waals surface area contributed by atoms with Crippen molar-refractivity contribution in [2.45, 2.75) is 19.4 Å². The second-order valence-corrected chi connectivity index (χ2v) is 7.96. The minimum atomic E-state index is -0.876. The molecule has 0 bridgehead atoms. The monoisotopic (exact) mass is 471 g/mol. The Morgan fingerprint density at radius 3 is 2.26 bits per heavy atom. The zero-order chi connectivity index (χ0) is 24.9. The molecule has 35 heavy (non-hydrogen) atoms. The highest BCUT2D eigenvalue weighted by molar-refractivity contribution is 6.51. The Morgan fingerprint density at radius 2 is 1.60 bits per heavy atom. The van der Waals surface area contributed by atoms with Gasteiger partial charge in [-0.2, -0.15) is 0 Å². The average Bonchev–Trinajstić information content (AvgIpc) is 3.17. The number of ether oxygens (including phenoxy) is 2. The number of hydrogen-bond acceptors (Lipinski definition) is 6. The van der Waals surface area contributed by atoms with Gasteiger partial charge in [0.2, 0.25) is 0 Å². The number of para-hydroxylation sites is 1. The number of carbonyl (C=O) groups excluding carboxylic acids is 3. The van der Waals surface area contributed by atoms with E-state index >= 15 is 0 Å². The molecule has 1 aliphatic heterocycles. The molecule has 0 aromatic heterocycles. The third kappa shape index (κ3) is 4.53. The van der Waals surface area contributed by atoms with Crippen LogP contribution in [0.25, 0.3) is 5.76 Å². The van der Waals surface area contributed by atoms with Crippen LogP contribution in [0.4, 0.5) is 5.69 Å². The molecule has 1 N–H and O–H groups in total. The first kappa shape index (κ1) is 23.8. The third-order valence-corrected chi connectivity index (χ3v) is 5.74. The SMILES string of the molecule is CCCOC(=O)c1ccc(N2C(=O)C(=O)/C(=C(/O)c3ccccc3OC)C2c2ccccc2)cc1. The van der Waals surface area contributed by atoms with Crippen molar-refractivity contribution in [1.82, 2.24) is 0 Å². The summed E-state index contributed by atoms with van der Waals surface area (Å²) in [7, 11) is 1.46. The summed E-state index contributed by atoms with van der Waals surface area (Å²) >= 11 is 0. The molecule has 0 spiro atoms. The van der Waals surface area contributed by atoms with Crippen molar-refractivity contribution in [2.24, 2.45) is 0 Å². The molecule has 1 saturated heterocycles. The van der Waals surface area contributed by atoms with Crippen LogP contribution in [0, 0.1) is 0 Å². The van der Waals surface area contributed by atoms with Crippen LogP contribution in [0.1, 0.15) is 40.9 Å². The lowest BCUT2D eigenvalue weighted by Gasteiger charge is -2.25. The van der Waals surface area contributed by atoms with E-state index in [1.807, 2.05) is 13.0 Å². The Hall–Kier alpha value is -4.39. The molecular weight excluding hydrogens is 446 g/mol. The minimum absolute atomic E-state index is 0.0443. The fourth-order valence-corrected chi connectivity index (χ4v) is 4.07. The molecule has 1 amide bonds. The van der Waals surface area contributed by atoms with Crippen molar-refractivity contribution in [3.05, 3.63) is 101 Å². The van der Waals surface area contributed by atoms with Crippen LogP contribution in [0.15, 0.2) is 84.4 Å². The summed E-state index contributed by atoms with van der Waals surface area (Å²) in [5.41, 5.74) is 1.66. The van der Waals surface area contributed by atoms with Crippen molar-refractivity contribution in [3.8, 4) is 5.75 Å². The number of methoxy groups -OCH3 is 1. The zero-order valence-electron chi connectivity index (χ0n) is 19.4. The molecule has 0 radical (unpaired) electrons. The predicted molar refractivity (Wildman–Crippen MR) is 131 cm³/mol. The largest absolute Gasteiger partial charge is 0.507 e. The summed E-state index contributed by atoms with van der Waals surface area (Å²) in [5, 5.41) is 11.3. The summed E-state index contributed by atoms with van der Waals surface area (Å²) < 4.78 is 10.5. The first-order chi connectivity index (χ1) is 17.0. The standard InChI is InChI=1S/C28H25NO6/c1-3-17-35-28(33)19-13-15-20(16-14-19)29-24(18-9-5-4-6-10-18)23(26(31)27(29)32)25(30)21-11-7-8-12-22(21)34-2/h4-16,24,30H,3,17H2,1-2H3/b25-23+. The van der Waals surface area contributed by atoms with Crippen LogP contribution in [0.3, 0.4) is 0 Å². The van der Waals surface area contributed by atoms with Gasteiger partial charge in [0, 0.05) is 5.69 Å². The van der Waals surface area contributed by atoms with Crippen LogP contribution < -0.4 is 9.64 Å². The van der Waals surface area contributed by atoms with Gasteiger partial charge in [0.1, 0.15) is 11.5 Å². The number of amides is 1. The summed E-state index contributed by atoms with van der Waals surface area (Å²) in [5.74, 6) is -2.00. The van der Waals surface area contributed by atoms with Gasteiger partial charge in [-0.05, 0) is 48.4 Å². The van der Waals surface area contributed by atoms with Gasteiger partial charge in [0.25, 0.3) is 11.7 Å². The summed E-state index contributed by atoms with van der Waals surface area (Å²) in [6.45, 7) is 2.22. The second kappa shape index (κ2) is 10.3. The Kier molecular flexibility index (Phi) is 6.96. The molecule has 1 unspecified atom stereocenters. The Balaban J connectivity index is 1.83. The minimum Gasteiger partial charge on any atom is -0.507 e. The van der Waals surface area contributed by atoms with Crippen molar-refractivity contribution < 1.29 is 29.0 Å². The number of nitrogens with zero attached hydrogens (tertiary/aromatic N) is 1. The Morgan fingerprint density at radius 1 is 0.943 bits per heavy atom. The van der Waals surface area contributed by atoms with Gasteiger partial charge >= 0.3 is 5.97 Å². The van der Waals surface area contributed by atoms with E-state index in [9.17, 15) is 19.5 Å². The molecule has 7 nitrogen and oxygen atoms in total. The highest BCUT2D eigenvalue weighted by Crippen LogP contribution is 2.43. The quantitative estimate of drug-likeness (QED) is 0.228. The number of carbonyl (C=O) groups is 3. The molecule has 0 saturated carbocycles. The maximum absolute atomic E-state index is 13.3. The molecule has 0 aliphatic carbocycles. The van der Waals surface area contributed by atoms with Gasteiger partial charge in [0.15, 0.2) is 0 Å². The number of hydrogen-bond donors (Lipinski definition) is 1. The van der Waals surface area contributed by atoms with Gasteiger partial charge in [-0.3, -0.25) is 14.5 Å². The van der Waals surface area contributed by atoms with Crippen LogP contribution in [0.2, 0.25) is 0 Å². The van der Waals surface area contributed by atoms with Crippen LogP contribution in [-0.2, 0) is 14.3 Å². The summed E-state index contributed by atoms with van der Waals surface area (Å²) in [4.78, 5) is 40.0. The fourth-order valence-electron chi connectivity index (χ4n) is 4.07. The van der Waals surface area contributed by atoms with Crippen LogP contribution >= 0.6 is 0 Å². The number of anilines is 1. The number of benzene rings is 3. The van der Waals surface area contributed by atoms with Crippen molar-refractivity contribution in [2.75, 3.05) is 18.6 Å². The molecule has 1 fully saturated rings. The van der Waals surface area contributed by atoms with Gasteiger partial charge in [-0.15, -0.1) is 0 Å². The fraction of sp³-hybridized carbons (Fsp3) is 0.179. The molecule has 178 valence electrons. The number of Topliss-reactive ketones (excluding diaryl/α,β-unsaturated/α-hetero) is 1. The topological polar surface area (TPSA) is 93.1 Å². The van der Waals surface area contributed by atoms with Gasteiger partial charge in [0.05, 0.1) is 36.5 Å². The number of aliphatic hydroxyl groups excluding tert-OH is 1. The van der Waals surface area contributed by atoms with E-state index in [1.165, 1.54) is 12.0 Å². The molecule has 7 heteroatoms. The number of aliphatic hydroxyl groups is 1. The van der Waals surface area contributed by atoms with E-state index in [0.29, 0.717) is 41.2 Å². The van der Waals surface area contributed by atoms with E-state index in [1.54, 1.807) is 72.8 Å². The number of esters is 1. The lowest BCUT2D eigenvalue weighted by Crippen LogP contribution is -2.29. The molecule has 1 heterocycles. The second-order valence-electron chi connectivity index (χ2n) is 7.96. The molecular formula is C28H25NO6.